The molecule has 0 radical (unpaired) electrons. The van der Waals surface area contributed by atoms with Crippen molar-refractivity contribution >= 4 is 5.82 Å². The highest BCUT2D eigenvalue weighted by atomic mass is 16.5. The third-order valence-electron chi connectivity index (χ3n) is 1.31. The zero-order chi connectivity index (χ0) is 8.81. The van der Waals surface area contributed by atoms with Gasteiger partial charge in [-0.2, -0.15) is 0 Å². The van der Waals surface area contributed by atoms with Gasteiger partial charge in [-0.1, -0.05) is 0 Å². The third kappa shape index (κ3) is 2.44. The summed E-state index contributed by atoms with van der Waals surface area (Å²) in [7, 11) is 0. The second-order valence-corrected chi connectivity index (χ2v) is 2.17. The number of nitrogens with one attached hydrogen (secondary N) is 1. The minimum Gasteiger partial charge on any atom is -0.375 e. The monoisotopic (exact) mass is 168 g/mol. The van der Waals surface area contributed by atoms with Gasteiger partial charge in [-0.25, -0.2) is 10.8 Å². The maximum Gasteiger partial charge on any atom is 0.158 e. The van der Waals surface area contributed by atoms with Crippen molar-refractivity contribution in [1.82, 2.24) is 9.97 Å². The van der Waals surface area contributed by atoms with E-state index in [-0.39, 0.29) is 0 Å². The topological polar surface area (TPSA) is 73.1 Å². The first-order valence-corrected chi connectivity index (χ1v) is 3.72. The van der Waals surface area contributed by atoms with Crippen LogP contribution in [0.4, 0.5) is 5.82 Å². The lowest BCUT2D eigenvalue weighted by Gasteiger charge is -2.01. The van der Waals surface area contributed by atoms with Crippen LogP contribution in [0.3, 0.4) is 0 Å². The summed E-state index contributed by atoms with van der Waals surface area (Å²) in [5.41, 5.74) is 3.20. The molecule has 0 unspecified atom stereocenters. The van der Waals surface area contributed by atoms with Crippen LogP contribution in [0.25, 0.3) is 0 Å². The summed E-state index contributed by atoms with van der Waals surface area (Å²) in [5.74, 6) is 5.67. The minimum absolute atomic E-state index is 0.494. The van der Waals surface area contributed by atoms with Crippen LogP contribution in [0.2, 0.25) is 0 Å². The Bertz CT molecular complexity index is 223. The summed E-state index contributed by atoms with van der Waals surface area (Å²) in [6.45, 7) is 3.11. The molecule has 1 heterocycles. The zero-order valence-corrected chi connectivity index (χ0v) is 6.95. The highest BCUT2D eigenvalue weighted by molar-refractivity contribution is 5.28. The van der Waals surface area contributed by atoms with Gasteiger partial charge in [-0.05, 0) is 6.92 Å². The molecule has 3 N–H and O–H groups in total. The van der Waals surface area contributed by atoms with E-state index in [4.69, 9.17) is 10.6 Å². The Morgan fingerprint density at radius 2 is 2.33 bits per heavy atom. The second kappa shape index (κ2) is 4.63. The van der Waals surface area contributed by atoms with Crippen LogP contribution in [0.5, 0.6) is 0 Å². The highest BCUT2D eigenvalue weighted by Gasteiger charge is 1.94. The van der Waals surface area contributed by atoms with Crippen molar-refractivity contribution < 1.29 is 4.74 Å². The van der Waals surface area contributed by atoms with E-state index in [0.717, 1.165) is 5.69 Å². The Hall–Kier alpha value is -1.20. The van der Waals surface area contributed by atoms with Crippen molar-refractivity contribution in [3.8, 4) is 0 Å². The van der Waals surface area contributed by atoms with Crippen molar-refractivity contribution in [2.45, 2.75) is 13.5 Å². The summed E-state index contributed by atoms with van der Waals surface area (Å²) in [6, 6.07) is 0. The fourth-order valence-corrected chi connectivity index (χ4v) is 0.710. The van der Waals surface area contributed by atoms with Gasteiger partial charge >= 0.3 is 0 Å². The molecule has 1 rings (SSSR count). The van der Waals surface area contributed by atoms with E-state index in [9.17, 15) is 0 Å². The summed E-state index contributed by atoms with van der Waals surface area (Å²) < 4.78 is 5.14. The third-order valence-corrected chi connectivity index (χ3v) is 1.31. The zero-order valence-electron chi connectivity index (χ0n) is 6.95. The first-order valence-electron chi connectivity index (χ1n) is 3.72. The molecular weight excluding hydrogens is 156 g/mol. The van der Waals surface area contributed by atoms with Gasteiger partial charge in [0.2, 0.25) is 0 Å². The standard InChI is InChI=1S/C7H12N4O/c1-2-12-5-6-3-10-7(11-8)4-9-6/h3-4H,2,5,8H2,1H3,(H,10,11). The van der Waals surface area contributed by atoms with Crippen LogP contribution < -0.4 is 11.3 Å². The van der Waals surface area contributed by atoms with Crippen LogP contribution in [0, 0.1) is 0 Å². The Morgan fingerprint density at radius 3 is 2.83 bits per heavy atom. The average molecular weight is 168 g/mol. The molecule has 0 amide bonds. The van der Waals surface area contributed by atoms with Gasteiger partial charge in [-0.3, -0.25) is 4.98 Å². The number of aromatic nitrogens is 2. The number of hydrogen-bond acceptors (Lipinski definition) is 5. The molecule has 0 atom stereocenters. The Balaban J connectivity index is 2.53. The van der Waals surface area contributed by atoms with E-state index in [1.165, 1.54) is 0 Å². The molecular formula is C7H12N4O. The molecule has 12 heavy (non-hydrogen) atoms. The number of hydrogen-bond donors (Lipinski definition) is 2. The number of ether oxygens (including phenoxy) is 1. The van der Waals surface area contributed by atoms with E-state index in [1.807, 2.05) is 6.92 Å². The maximum absolute atomic E-state index is 5.14. The molecule has 0 bridgehead atoms. The largest absolute Gasteiger partial charge is 0.375 e. The molecule has 1 aromatic rings. The quantitative estimate of drug-likeness (QED) is 0.499. The molecule has 0 aliphatic heterocycles. The lowest BCUT2D eigenvalue weighted by atomic mass is 10.5. The molecule has 1 aromatic heterocycles. The van der Waals surface area contributed by atoms with E-state index in [2.05, 4.69) is 15.4 Å². The fourth-order valence-electron chi connectivity index (χ4n) is 0.710. The average Bonchev–Trinajstić information content (AvgIpc) is 2.15. The first-order chi connectivity index (χ1) is 5.86. The van der Waals surface area contributed by atoms with E-state index in [0.29, 0.717) is 19.0 Å². The van der Waals surface area contributed by atoms with E-state index >= 15 is 0 Å². The maximum atomic E-state index is 5.14. The fraction of sp³-hybridized carbons (Fsp3) is 0.429. The Morgan fingerprint density at radius 1 is 1.50 bits per heavy atom. The molecule has 66 valence electrons. The van der Waals surface area contributed by atoms with Crippen LogP contribution >= 0.6 is 0 Å². The van der Waals surface area contributed by atoms with Gasteiger partial charge in [-0.15, -0.1) is 0 Å². The summed E-state index contributed by atoms with van der Waals surface area (Å²) in [5, 5.41) is 0. The van der Waals surface area contributed by atoms with Gasteiger partial charge in [0.05, 0.1) is 24.7 Å². The smallest absolute Gasteiger partial charge is 0.158 e. The van der Waals surface area contributed by atoms with Crippen LogP contribution in [0.1, 0.15) is 12.6 Å². The Kier molecular flexibility index (Phi) is 3.43. The molecule has 0 spiro atoms. The van der Waals surface area contributed by atoms with Gasteiger partial charge in [0.1, 0.15) is 0 Å². The summed E-state index contributed by atoms with van der Waals surface area (Å²) >= 11 is 0. The molecule has 0 saturated heterocycles. The predicted octanol–water partition coefficient (Wildman–Crippen LogP) is 0.299. The van der Waals surface area contributed by atoms with Gasteiger partial charge in [0.25, 0.3) is 0 Å². The normalized spacial score (nSPS) is 9.83. The number of nitrogens with two attached hydrogens (primary N) is 1. The number of rotatable bonds is 4. The summed E-state index contributed by atoms with van der Waals surface area (Å²) in [6.07, 6.45) is 3.19. The number of hydrazine groups is 1. The molecule has 5 heteroatoms. The van der Waals surface area contributed by atoms with Crippen molar-refractivity contribution in [3.05, 3.63) is 18.1 Å². The van der Waals surface area contributed by atoms with Crippen molar-refractivity contribution in [3.63, 3.8) is 0 Å². The minimum atomic E-state index is 0.494. The molecule has 5 nitrogen and oxygen atoms in total. The number of nitrogens with zero attached hydrogens (tertiary/aromatic N) is 2. The van der Waals surface area contributed by atoms with Gasteiger partial charge in [0.15, 0.2) is 5.82 Å². The SMILES string of the molecule is CCOCc1cnc(NN)cn1. The van der Waals surface area contributed by atoms with Crippen LogP contribution in [0.15, 0.2) is 12.4 Å². The van der Waals surface area contributed by atoms with Crippen molar-refractivity contribution in [2.75, 3.05) is 12.0 Å². The van der Waals surface area contributed by atoms with Crippen molar-refractivity contribution in [1.29, 1.82) is 0 Å². The van der Waals surface area contributed by atoms with E-state index < -0.39 is 0 Å². The second-order valence-electron chi connectivity index (χ2n) is 2.17. The lowest BCUT2D eigenvalue weighted by Crippen LogP contribution is -2.09. The molecule has 0 aliphatic carbocycles. The summed E-state index contributed by atoms with van der Waals surface area (Å²) in [4.78, 5) is 8.03. The van der Waals surface area contributed by atoms with Gasteiger partial charge in [0, 0.05) is 6.61 Å². The molecule has 0 fully saturated rings. The number of anilines is 1. The predicted molar refractivity (Wildman–Crippen MR) is 45.2 cm³/mol. The molecule has 0 aliphatic rings. The first kappa shape index (κ1) is 8.89. The van der Waals surface area contributed by atoms with Crippen LogP contribution in [-0.4, -0.2) is 16.6 Å². The Labute approximate surface area is 70.9 Å². The lowest BCUT2D eigenvalue weighted by molar-refractivity contribution is 0.131. The molecule has 0 saturated carbocycles. The number of nitrogen functional groups attached to an aromatic ring is 1. The van der Waals surface area contributed by atoms with Crippen LogP contribution in [-0.2, 0) is 11.3 Å². The molecule has 0 aromatic carbocycles. The van der Waals surface area contributed by atoms with E-state index in [1.54, 1.807) is 12.4 Å². The van der Waals surface area contributed by atoms with Gasteiger partial charge < -0.3 is 10.2 Å². The highest BCUT2D eigenvalue weighted by Crippen LogP contribution is 1.99. The van der Waals surface area contributed by atoms with Crippen molar-refractivity contribution in [2.24, 2.45) is 5.84 Å².